The number of nitrogens with zero attached hydrogens (tertiary/aromatic N) is 1. The molecule has 0 unspecified atom stereocenters. The Bertz CT molecular complexity index is 446. The van der Waals surface area contributed by atoms with Crippen molar-refractivity contribution >= 4 is 17.3 Å². The Hall–Kier alpha value is -1.95. The van der Waals surface area contributed by atoms with E-state index in [0.29, 0.717) is 18.7 Å². The van der Waals surface area contributed by atoms with E-state index in [1.165, 1.54) is 12.1 Å². The third kappa shape index (κ3) is 4.14. The lowest BCUT2D eigenvalue weighted by Gasteiger charge is -2.08. The van der Waals surface area contributed by atoms with E-state index in [1.807, 2.05) is 6.92 Å². The minimum absolute atomic E-state index is 0.0254. The lowest BCUT2D eigenvalue weighted by atomic mass is 10.2. The van der Waals surface area contributed by atoms with E-state index in [1.54, 1.807) is 13.0 Å². The molecule has 0 radical (unpaired) electrons. The van der Waals surface area contributed by atoms with Crippen molar-refractivity contribution in [1.82, 2.24) is 5.32 Å². The first-order valence-electron chi connectivity index (χ1n) is 5.80. The van der Waals surface area contributed by atoms with Gasteiger partial charge in [0, 0.05) is 25.1 Å². The van der Waals surface area contributed by atoms with Gasteiger partial charge in [0.05, 0.1) is 10.6 Å². The first-order chi connectivity index (χ1) is 8.54. The maximum absolute atomic E-state index is 11.6. The molecular weight excluding hydrogens is 234 g/mol. The second-order valence-corrected chi connectivity index (χ2v) is 3.91. The number of aryl methyl sites for hydroxylation is 1. The summed E-state index contributed by atoms with van der Waals surface area (Å²) in [5.74, 6) is -0.153. The van der Waals surface area contributed by atoms with Crippen molar-refractivity contribution in [2.75, 3.05) is 18.4 Å². The SMILES string of the molecule is CCNCCC(=O)Nc1cc([N+](=O)[O-])ccc1C. The van der Waals surface area contributed by atoms with Crippen molar-refractivity contribution in [3.05, 3.63) is 33.9 Å². The van der Waals surface area contributed by atoms with Crippen LogP contribution < -0.4 is 10.6 Å². The standard InChI is InChI=1S/C12H17N3O3/c1-3-13-7-6-12(16)14-11-8-10(15(17)18)5-4-9(11)2/h4-5,8,13H,3,6-7H2,1-2H3,(H,14,16). The number of carbonyl (C=O) groups is 1. The van der Waals surface area contributed by atoms with Crippen LogP contribution in [0.15, 0.2) is 18.2 Å². The summed E-state index contributed by atoms with van der Waals surface area (Å²) in [5.41, 5.74) is 1.27. The molecule has 0 aliphatic rings. The minimum atomic E-state index is -0.478. The summed E-state index contributed by atoms with van der Waals surface area (Å²) < 4.78 is 0. The number of benzene rings is 1. The van der Waals surface area contributed by atoms with E-state index in [2.05, 4.69) is 10.6 Å². The summed E-state index contributed by atoms with van der Waals surface area (Å²) in [5, 5.41) is 16.4. The molecule has 0 aliphatic heterocycles. The monoisotopic (exact) mass is 251 g/mol. The zero-order valence-electron chi connectivity index (χ0n) is 10.5. The van der Waals surface area contributed by atoms with Crippen LogP contribution in [0.1, 0.15) is 18.9 Å². The van der Waals surface area contributed by atoms with Gasteiger partial charge in [-0.1, -0.05) is 13.0 Å². The predicted octanol–water partition coefficient (Wildman–Crippen LogP) is 1.84. The van der Waals surface area contributed by atoms with Crippen molar-refractivity contribution in [3.63, 3.8) is 0 Å². The Morgan fingerprint density at radius 3 is 2.78 bits per heavy atom. The third-order valence-corrected chi connectivity index (χ3v) is 2.48. The number of hydrogen-bond acceptors (Lipinski definition) is 4. The molecule has 1 amide bonds. The smallest absolute Gasteiger partial charge is 0.271 e. The number of anilines is 1. The van der Waals surface area contributed by atoms with Crippen LogP contribution in [0.2, 0.25) is 0 Å². The second kappa shape index (κ2) is 6.70. The van der Waals surface area contributed by atoms with E-state index < -0.39 is 4.92 Å². The molecule has 18 heavy (non-hydrogen) atoms. The molecule has 0 aromatic heterocycles. The average Bonchev–Trinajstić information content (AvgIpc) is 2.32. The number of nitrogens with one attached hydrogen (secondary N) is 2. The summed E-state index contributed by atoms with van der Waals surface area (Å²) in [4.78, 5) is 21.8. The van der Waals surface area contributed by atoms with Gasteiger partial charge in [-0.2, -0.15) is 0 Å². The van der Waals surface area contributed by atoms with Gasteiger partial charge in [-0.3, -0.25) is 14.9 Å². The topological polar surface area (TPSA) is 84.3 Å². The van der Waals surface area contributed by atoms with Crippen molar-refractivity contribution < 1.29 is 9.72 Å². The zero-order valence-corrected chi connectivity index (χ0v) is 10.5. The molecule has 0 atom stereocenters. The zero-order chi connectivity index (χ0) is 13.5. The van der Waals surface area contributed by atoms with Gasteiger partial charge in [-0.15, -0.1) is 0 Å². The maximum Gasteiger partial charge on any atom is 0.271 e. The van der Waals surface area contributed by atoms with Crippen LogP contribution in [0, 0.1) is 17.0 Å². The van der Waals surface area contributed by atoms with Gasteiger partial charge in [0.1, 0.15) is 0 Å². The van der Waals surface area contributed by atoms with Gasteiger partial charge >= 0.3 is 0 Å². The number of non-ortho nitro benzene ring substituents is 1. The maximum atomic E-state index is 11.6. The summed E-state index contributed by atoms with van der Waals surface area (Å²) >= 11 is 0. The lowest BCUT2D eigenvalue weighted by molar-refractivity contribution is -0.384. The number of carbonyl (C=O) groups excluding carboxylic acids is 1. The van der Waals surface area contributed by atoms with Crippen molar-refractivity contribution in [3.8, 4) is 0 Å². The van der Waals surface area contributed by atoms with Gasteiger partial charge in [-0.05, 0) is 19.0 Å². The van der Waals surface area contributed by atoms with Crippen LogP contribution >= 0.6 is 0 Å². The van der Waals surface area contributed by atoms with E-state index in [4.69, 9.17) is 0 Å². The van der Waals surface area contributed by atoms with E-state index in [9.17, 15) is 14.9 Å². The molecular formula is C12H17N3O3. The molecule has 0 bridgehead atoms. The van der Waals surface area contributed by atoms with Gasteiger partial charge < -0.3 is 10.6 Å². The normalized spacial score (nSPS) is 10.1. The van der Waals surface area contributed by atoms with Crippen molar-refractivity contribution in [1.29, 1.82) is 0 Å². The fraction of sp³-hybridized carbons (Fsp3) is 0.417. The molecule has 0 spiro atoms. The quantitative estimate of drug-likeness (QED) is 0.459. The molecule has 0 saturated carbocycles. The highest BCUT2D eigenvalue weighted by atomic mass is 16.6. The molecule has 2 N–H and O–H groups in total. The Balaban J connectivity index is 2.68. The fourth-order valence-corrected chi connectivity index (χ4v) is 1.45. The molecule has 0 saturated heterocycles. The molecule has 1 aromatic carbocycles. The fourth-order valence-electron chi connectivity index (χ4n) is 1.45. The second-order valence-electron chi connectivity index (χ2n) is 3.91. The molecule has 6 heteroatoms. The molecule has 1 aromatic rings. The summed E-state index contributed by atoms with van der Waals surface area (Å²) in [6.07, 6.45) is 0.343. The van der Waals surface area contributed by atoms with E-state index in [0.717, 1.165) is 12.1 Å². The highest BCUT2D eigenvalue weighted by Gasteiger charge is 2.10. The number of amides is 1. The molecule has 0 fully saturated rings. The summed E-state index contributed by atoms with van der Waals surface area (Å²) in [6.45, 7) is 5.16. The predicted molar refractivity (Wildman–Crippen MR) is 69.6 cm³/mol. The van der Waals surface area contributed by atoms with Gasteiger partial charge in [-0.25, -0.2) is 0 Å². The van der Waals surface area contributed by atoms with Crippen LogP contribution in [0.5, 0.6) is 0 Å². The van der Waals surface area contributed by atoms with Gasteiger partial charge in [0.15, 0.2) is 0 Å². The first-order valence-corrected chi connectivity index (χ1v) is 5.80. The van der Waals surface area contributed by atoms with Gasteiger partial charge in [0.2, 0.25) is 5.91 Å². The van der Waals surface area contributed by atoms with Crippen LogP contribution in [0.25, 0.3) is 0 Å². The van der Waals surface area contributed by atoms with E-state index in [-0.39, 0.29) is 11.6 Å². The summed E-state index contributed by atoms with van der Waals surface area (Å²) in [6, 6.07) is 4.42. The van der Waals surface area contributed by atoms with E-state index >= 15 is 0 Å². The molecule has 0 heterocycles. The number of nitro benzene ring substituents is 1. The van der Waals surface area contributed by atoms with Crippen LogP contribution in [0.3, 0.4) is 0 Å². The molecule has 6 nitrogen and oxygen atoms in total. The highest BCUT2D eigenvalue weighted by Crippen LogP contribution is 2.21. The Labute approximate surface area is 106 Å². The Morgan fingerprint density at radius 1 is 1.44 bits per heavy atom. The summed E-state index contributed by atoms with van der Waals surface area (Å²) in [7, 11) is 0. The van der Waals surface area contributed by atoms with Gasteiger partial charge in [0.25, 0.3) is 5.69 Å². The molecule has 1 rings (SSSR count). The molecule has 0 aliphatic carbocycles. The number of hydrogen-bond donors (Lipinski definition) is 2. The number of rotatable bonds is 6. The first kappa shape index (κ1) is 14.1. The average molecular weight is 251 g/mol. The lowest BCUT2D eigenvalue weighted by Crippen LogP contribution is -2.21. The molecule has 98 valence electrons. The largest absolute Gasteiger partial charge is 0.326 e. The Morgan fingerprint density at radius 2 is 2.17 bits per heavy atom. The number of nitro groups is 1. The van der Waals surface area contributed by atoms with Crippen molar-refractivity contribution in [2.24, 2.45) is 0 Å². The Kier molecular flexibility index (Phi) is 5.26. The van der Waals surface area contributed by atoms with Crippen LogP contribution in [0.4, 0.5) is 11.4 Å². The highest BCUT2D eigenvalue weighted by molar-refractivity contribution is 5.91. The van der Waals surface area contributed by atoms with Crippen LogP contribution in [-0.4, -0.2) is 23.9 Å². The van der Waals surface area contributed by atoms with Crippen LogP contribution in [-0.2, 0) is 4.79 Å². The minimum Gasteiger partial charge on any atom is -0.326 e. The third-order valence-electron chi connectivity index (χ3n) is 2.48. The van der Waals surface area contributed by atoms with Crippen molar-refractivity contribution in [2.45, 2.75) is 20.3 Å².